The highest BCUT2D eigenvalue weighted by atomic mass is 16.5. The molecule has 0 fully saturated rings. The van der Waals surface area contributed by atoms with Gasteiger partial charge in [-0.15, -0.1) is 0 Å². The molecule has 0 aliphatic carbocycles. The number of nitrogens with zero attached hydrogens (tertiary/aromatic N) is 2. The topological polar surface area (TPSA) is 56.5 Å². The summed E-state index contributed by atoms with van der Waals surface area (Å²) in [5, 5.41) is 18.4. The van der Waals surface area contributed by atoms with Crippen molar-refractivity contribution < 1.29 is 9.84 Å². The van der Waals surface area contributed by atoms with E-state index in [9.17, 15) is 5.11 Å². The van der Waals surface area contributed by atoms with Crippen molar-refractivity contribution in [3.63, 3.8) is 0 Å². The first kappa shape index (κ1) is 14.5. The molecule has 4 nitrogen and oxygen atoms in total. The Morgan fingerprint density at radius 1 is 1.44 bits per heavy atom. The first-order chi connectivity index (χ1) is 8.40. The first-order valence-electron chi connectivity index (χ1n) is 5.94. The molecule has 0 unspecified atom stereocenters. The van der Waals surface area contributed by atoms with Crippen LogP contribution >= 0.6 is 0 Å². The van der Waals surface area contributed by atoms with Crippen LogP contribution in [0, 0.1) is 11.3 Å². The minimum atomic E-state index is -0.699. The minimum Gasteiger partial charge on any atom is -0.492 e. The van der Waals surface area contributed by atoms with Crippen molar-refractivity contribution in [1.82, 2.24) is 4.90 Å². The molecular weight excluding hydrogens is 228 g/mol. The van der Waals surface area contributed by atoms with E-state index in [0.717, 1.165) is 6.54 Å². The molecule has 4 heteroatoms. The van der Waals surface area contributed by atoms with Gasteiger partial charge in [0.15, 0.2) is 0 Å². The van der Waals surface area contributed by atoms with Gasteiger partial charge in [-0.3, -0.25) is 0 Å². The predicted octanol–water partition coefficient (Wildman–Crippen LogP) is 1.64. The molecule has 1 N–H and O–H groups in total. The molecule has 1 rings (SSSR count). The number of hydrogen-bond acceptors (Lipinski definition) is 4. The second-order valence-electron chi connectivity index (χ2n) is 5.04. The van der Waals surface area contributed by atoms with E-state index in [1.54, 1.807) is 32.0 Å². The van der Waals surface area contributed by atoms with Crippen molar-refractivity contribution >= 4 is 0 Å². The van der Waals surface area contributed by atoms with Gasteiger partial charge in [-0.1, -0.05) is 6.07 Å². The number of likely N-dealkylation sites (N-methyl/N-ethyl adjacent to an activating group) is 1. The Balaban J connectivity index is 2.35. The summed E-state index contributed by atoms with van der Waals surface area (Å²) in [6, 6.07) is 9.17. The molecule has 0 aliphatic heterocycles. The number of rotatable bonds is 6. The minimum absolute atomic E-state index is 0.529. The van der Waals surface area contributed by atoms with Gasteiger partial charge in [0.25, 0.3) is 0 Å². The fourth-order valence-electron chi connectivity index (χ4n) is 1.71. The Labute approximate surface area is 108 Å². The van der Waals surface area contributed by atoms with Crippen molar-refractivity contribution in [3.05, 3.63) is 29.8 Å². The molecule has 1 aromatic rings. The predicted molar refractivity (Wildman–Crippen MR) is 70.4 cm³/mol. The summed E-state index contributed by atoms with van der Waals surface area (Å²) in [5.74, 6) is 0.700. The average Bonchev–Trinajstić information content (AvgIpc) is 2.27. The largest absolute Gasteiger partial charge is 0.492 e. The lowest BCUT2D eigenvalue weighted by Gasteiger charge is -2.25. The van der Waals surface area contributed by atoms with Crippen LogP contribution in [0.5, 0.6) is 5.75 Å². The van der Waals surface area contributed by atoms with Crippen LogP contribution in [0.1, 0.15) is 19.4 Å². The van der Waals surface area contributed by atoms with Gasteiger partial charge in [0.2, 0.25) is 0 Å². The fourth-order valence-corrected chi connectivity index (χ4v) is 1.71. The van der Waals surface area contributed by atoms with Crippen molar-refractivity contribution in [3.8, 4) is 11.8 Å². The lowest BCUT2D eigenvalue weighted by atomic mass is 10.1. The second-order valence-corrected chi connectivity index (χ2v) is 5.04. The number of benzene rings is 1. The standard InChI is InChI=1S/C14H20N2O2/c1-14(2,17)11-16(3)7-8-18-13-6-4-5-12(9-13)10-15/h4-6,9,17H,7-8,11H2,1-3H3. The van der Waals surface area contributed by atoms with Crippen LogP contribution < -0.4 is 4.74 Å². The van der Waals surface area contributed by atoms with E-state index in [2.05, 4.69) is 6.07 Å². The lowest BCUT2D eigenvalue weighted by molar-refractivity contribution is 0.0411. The Morgan fingerprint density at radius 3 is 2.78 bits per heavy atom. The highest BCUT2D eigenvalue weighted by molar-refractivity contribution is 5.36. The Bertz CT molecular complexity index is 419. The van der Waals surface area contributed by atoms with E-state index in [1.165, 1.54) is 0 Å². The number of hydrogen-bond donors (Lipinski definition) is 1. The number of aliphatic hydroxyl groups is 1. The molecule has 0 atom stereocenters. The van der Waals surface area contributed by atoms with E-state index >= 15 is 0 Å². The summed E-state index contributed by atoms with van der Waals surface area (Å²) < 4.78 is 5.56. The summed E-state index contributed by atoms with van der Waals surface area (Å²) >= 11 is 0. The molecular formula is C14H20N2O2. The first-order valence-corrected chi connectivity index (χ1v) is 5.94. The van der Waals surface area contributed by atoms with E-state index in [1.807, 2.05) is 18.0 Å². The van der Waals surface area contributed by atoms with Crippen LogP contribution in [0.3, 0.4) is 0 Å². The monoisotopic (exact) mass is 248 g/mol. The van der Waals surface area contributed by atoms with Crippen LogP contribution in [0.4, 0.5) is 0 Å². The van der Waals surface area contributed by atoms with E-state index in [4.69, 9.17) is 10.00 Å². The van der Waals surface area contributed by atoms with Gasteiger partial charge in [-0.05, 0) is 39.1 Å². The smallest absolute Gasteiger partial charge is 0.120 e. The zero-order valence-electron chi connectivity index (χ0n) is 11.2. The fraction of sp³-hybridized carbons (Fsp3) is 0.500. The highest BCUT2D eigenvalue weighted by Crippen LogP contribution is 2.12. The summed E-state index contributed by atoms with van der Waals surface area (Å²) in [5.41, 5.74) is -0.104. The summed E-state index contributed by atoms with van der Waals surface area (Å²) in [6.07, 6.45) is 0. The molecule has 1 aromatic carbocycles. The summed E-state index contributed by atoms with van der Waals surface area (Å²) in [7, 11) is 1.94. The van der Waals surface area contributed by atoms with Crippen molar-refractivity contribution in [2.24, 2.45) is 0 Å². The molecule has 0 amide bonds. The van der Waals surface area contributed by atoms with Gasteiger partial charge in [0.05, 0.1) is 17.2 Å². The Hall–Kier alpha value is -1.57. The molecule has 0 radical (unpaired) electrons. The lowest BCUT2D eigenvalue weighted by Crippen LogP contribution is -2.38. The molecule has 18 heavy (non-hydrogen) atoms. The maximum Gasteiger partial charge on any atom is 0.120 e. The molecule has 98 valence electrons. The van der Waals surface area contributed by atoms with Crippen LogP contribution in [0.15, 0.2) is 24.3 Å². The van der Waals surface area contributed by atoms with E-state index < -0.39 is 5.60 Å². The molecule has 0 aliphatic rings. The summed E-state index contributed by atoms with van der Waals surface area (Å²) in [4.78, 5) is 2.01. The molecule has 0 bridgehead atoms. The van der Waals surface area contributed by atoms with E-state index in [-0.39, 0.29) is 0 Å². The van der Waals surface area contributed by atoms with Crippen molar-refractivity contribution in [2.45, 2.75) is 19.4 Å². The molecule has 0 heterocycles. The molecule has 0 saturated carbocycles. The zero-order valence-corrected chi connectivity index (χ0v) is 11.2. The van der Waals surface area contributed by atoms with Crippen LogP contribution in [0.2, 0.25) is 0 Å². The Kier molecular flexibility index (Phi) is 5.14. The second kappa shape index (κ2) is 6.39. The average molecular weight is 248 g/mol. The number of nitriles is 1. The van der Waals surface area contributed by atoms with Gasteiger partial charge < -0.3 is 14.7 Å². The quantitative estimate of drug-likeness (QED) is 0.831. The van der Waals surface area contributed by atoms with Crippen molar-refractivity contribution in [2.75, 3.05) is 26.7 Å². The van der Waals surface area contributed by atoms with E-state index in [0.29, 0.717) is 24.5 Å². The van der Waals surface area contributed by atoms with Crippen molar-refractivity contribution in [1.29, 1.82) is 5.26 Å². The van der Waals surface area contributed by atoms with Gasteiger partial charge in [-0.2, -0.15) is 5.26 Å². The Morgan fingerprint density at radius 2 is 2.17 bits per heavy atom. The molecule has 0 spiro atoms. The van der Waals surface area contributed by atoms with Gasteiger partial charge in [0, 0.05) is 13.1 Å². The molecule has 0 aromatic heterocycles. The van der Waals surface area contributed by atoms with Gasteiger partial charge >= 0.3 is 0 Å². The number of ether oxygens (including phenoxy) is 1. The van der Waals surface area contributed by atoms with Crippen LogP contribution in [0.25, 0.3) is 0 Å². The normalized spacial score (nSPS) is 11.3. The summed E-state index contributed by atoms with van der Waals surface area (Å²) in [6.45, 7) is 5.40. The van der Waals surface area contributed by atoms with Crippen LogP contribution in [-0.4, -0.2) is 42.4 Å². The van der Waals surface area contributed by atoms with Gasteiger partial charge in [-0.25, -0.2) is 0 Å². The highest BCUT2D eigenvalue weighted by Gasteiger charge is 2.15. The third-order valence-electron chi connectivity index (χ3n) is 2.36. The zero-order chi connectivity index (χ0) is 13.6. The van der Waals surface area contributed by atoms with Gasteiger partial charge in [0.1, 0.15) is 12.4 Å². The SMILES string of the molecule is CN(CCOc1cccc(C#N)c1)CC(C)(C)O. The third-order valence-corrected chi connectivity index (χ3v) is 2.36. The maximum absolute atomic E-state index is 9.65. The maximum atomic E-state index is 9.65. The molecule has 0 saturated heterocycles. The van der Waals surface area contributed by atoms with Crippen LogP contribution in [-0.2, 0) is 0 Å². The third kappa shape index (κ3) is 5.67.